The van der Waals surface area contributed by atoms with Gasteiger partial charge in [0.1, 0.15) is 0 Å². The zero-order chi connectivity index (χ0) is 12.6. The van der Waals surface area contributed by atoms with Gasteiger partial charge in [-0.2, -0.15) is 0 Å². The molecule has 3 nitrogen and oxygen atoms in total. The van der Waals surface area contributed by atoms with Crippen LogP contribution in [0, 0.1) is 5.92 Å². The molecule has 0 radical (unpaired) electrons. The summed E-state index contributed by atoms with van der Waals surface area (Å²) in [4.78, 5) is 0. The number of nitrogens with one attached hydrogen (secondary N) is 1. The van der Waals surface area contributed by atoms with Gasteiger partial charge < -0.3 is 14.8 Å². The second kappa shape index (κ2) is 7.77. The van der Waals surface area contributed by atoms with Gasteiger partial charge in [-0.15, -0.1) is 0 Å². The predicted octanol–water partition coefficient (Wildman–Crippen LogP) is 3.30. The largest absolute Gasteiger partial charge is 0.383 e. The molecule has 2 rings (SSSR count). The molecule has 1 saturated heterocycles. The van der Waals surface area contributed by atoms with Crippen molar-refractivity contribution in [2.75, 3.05) is 38.3 Å². The van der Waals surface area contributed by atoms with Crippen molar-refractivity contribution in [3.63, 3.8) is 0 Å². The minimum absolute atomic E-state index is 0.687. The van der Waals surface area contributed by atoms with E-state index in [4.69, 9.17) is 9.47 Å². The summed E-state index contributed by atoms with van der Waals surface area (Å²) in [6.45, 7) is 4.26. The molecule has 1 N–H and O–H groups in total. The lowest BCUT2D eigenvalue weighted by atomic mass is 10.0. The van der Waals surface area contributed by atoms with E-state index in [9.17, 15) is 0 Å². The first-order valence-corrected chi connectivity index (χ1v) is 7.29. The lowest BCUT2D eigenvalue weighted by Gasteiger charge is -2.21. The molecule has 0 aromatic heterocycles. The molecule has 100 valence electrons. The number of rotatable bonds is 6. The lowest BCUT2D eigenvalue weighted by molar-refractivity contribution is 0.0231. The molecule has 1 aromatic rings. The summed E-state index contributed by atoms with van der Waals surface area (Å²) in [5.74, 6) is 0.687. The van der Waals surface area contributed by atoms with Gasteiger partial charge in [0.25, 0.3) is 0 Å². The molecule has 1 aromatic carbocycles. The van der Waals surface area contributed by atoms with Crippen molar-refractivity contribution in [1.82, 2.24) is 0 Å². The highest BCUT2D eigenvalue weighted by Crippen LogP contribution is 2.15. The van der Waals surface area contributed by atoms with E-state index in [0.717, 1.165) is 56.0 Å². The normalized spacial score (nSPS) is 16.7. The molecule has 0 unspecified atom stereocenters. The van der Waals surface area contributed by atoms with Crippen molar-refractivity contribution >= 4 is 21.6 Å². The Morgan fingerprint density at radius 1 is 1.22 bits per heavy atom. The number of hydrogen-bond acceptors (Lipinski definition) is 3. The maximum Gasteiger partial charge on any atom is 0.0639 e. The van der Waals surface area contributed by atoms with Gasteiger partial charge in [0.15, 0.2) is 0 Å². The molecule has 1 heterocycles. The van der Waals surface area contributed by atoms with Gasteiger partial charge in [-0.3, -0.25) is 0 Å². The molecule has 0 spiro atoms. The minimum Gasteiger partial charge on any atom is -0.383 e. The summed E-state index contributed by atoms with van der Waals surface area (Å²) in [6, 6.07) is 8.18. The Hall–Kier alpha value is -0.580. The molecule has 0 bridgehead atoms. The fourth-order valence-corrected chi connectivity index (χ4v) is 2.26. The smallest absolute Gasteiger partial charge is 0.0639 e. The van der Waals surface area contributed by atoms with Crippen LogP contribution >= 0.6 is 15.9 Å². The third-order valence-electron chi connectivity index (χ3n) is 3.11. The summed E-state index contributed by atoms with van der Waals surface area (Å²) in [6.07, 6.45) is 2.28. The highest BCUT2D eigenvalue weighted by molar-refractivity contribution is 9.10. The van der Waals surface area contributed by atoms with E-state index < -0.39 is 0 Å². The Kier molecular flexibility index (Phi) is 5.97. The topological polar surface area (TPSA) is 30.5 Å². The Morgan fingerprint density at radius 3 is 2.67 bits per heavy atom. The Morgan fingerprint density at radius 2 is 1.94 bits per heavy atom. The number of ether oxygens (including phenoxy) is 2. The SMILES string of the molecule is Brc1ccc(NCCOCC2CCOCC2)cc1. The van der Waals surface area contributed by atoms with Gasteiger partial charge in [0.05, 0.1) is 6.61 Å². The molecule has 0 atom stereocenters. The van der Waals surface area contributed by atoms with Crippen LogP contribution in [-0.2, 0) is 9.47 Å². The number of hydrogen-bond donors (Lipinski definition) is 1. The average molecular weight is 314 g/mol. The maximum absolute atomic E-state index is 5.69. The van der Waals surface area contributed by atoms with Crippen molar-refractivity contribution in [2.24, 2.45) is 5.92 Å². The lowest BCUT2D eigenvalue weighted by Crippen LogP contribution is -2.21. The molecular weight excluding hydrogens is 294 g/mol. The predicted molar refractivity (Wildman–Crippen MR) is 77.0 cm³/mol. The highest BCUT2D eigenvalue weighted by Gasteiger charge is 2.13. The molecule has 0 amide bonds. The van der Waals surface area contributed by atoms with Crippen molar-refractivity contribution in [2.45, 2.75) is 12.8 Å². The zero-order valence-corrected chi connectivity index (χ0v) is 12.1. The average Bonchev–Trinajstić information content (AvgIpc) is 2.42. The highest BCUT2D eigenvalue weighted by atomic mass is 79.9. The first kappa shape index (κ1) is 13.8. The van der Waals surface area contributed by atoms with Crippen molar-refractivity contribution in [1.29, 1.82) is 0 Å². The molecule has 0 aliphatic carbocycles. The van der Waals surface area contributed by atoms with E-state index in [-0.39, 0.29) is 0 Å². The Bertz CT molecular complexity index is 336. The standard InChI is InChI=1S/C14H20BrNO2/c15-13-1-3-14(4-2-13)16-7-10-18-11-12-5-8-17-9-6-12/h1-4,12,16H,5-11H2. The monoisotopic (exact) mass is 313 g/mol. The minimum atomic E-state index is 0.687. The van der Waals surface area contributed by atoms with E-state index in [1.54, 1.807) is 0 Å². The van der Waals surface area contributed by atoms with Crippen LogP contribution in [0.2, 0.25) is 0 Å². The fourth-order valence-electron chi connectivity index (χ4n) is 2.00. The number of anilines is 1. The van der Waals surface area contributed by atoms with Crippen molar-refractivity contribution in [3.8, 4) is 0 Å². The van der Waals surface area contributed by atoms with Crippen LogP contribution in [0.3, 0.4) is 0 Å². The van der Waals surface area contributed by atoms with Gasteiger partial charge >= 0.3 is 0 Å². The fraction of sp³-hybridized carbons (Fsp3) is 0.571. The van der Waals surface area contributed by atoms with Crippen molar-refractivity contribution < 1.29 is 9.47 Å². The summed E-state index contributed by atoms with van der Waals surface area (Å²) in [5.41, 5.74) is 1.13. The van der Waals surface area contributed by atoms with Crippen LogP contribution in [0.25, 0.3) is 0 Å². The molecule has 1 fully saturated rings. The van der Waals surface area contributed by atoms with Crippen molar-refractivity contribution in [3.05, 3.63) is 28.7 Å². The Balaban J connectivity index is 1.54. The molecular formula is C14H20BrNO2. The van der Waals surface area contributed by atoms with E-state index in [2.05, 4.69) is 33.4 Å². The van der Waals surface area contributed by atoms with Crippen LogP contribution in [0.1, 0.15) is 12.8 Å². The summed E-state index contributed by atoms with van der Waals surface area (Å²) in [7, 11) is 0. The molecule has 1 aliphatic rings. The third kappa shape index (κ3) is 4.96. The van der Waals surface area contributed by atoms with Crippen LogP contribution in [0.15, 0.2) is 28.7 Å². The zero-order valence-electron chi connectivity index (χ0n) is 10.5. The van der Waals surface area contributed by atoms with E-state index >= 15 is 0 Å². The maximum atomic E-state index is 5.69. The Labute approximate surface area is 117 Å². The number of halogens is 1. The van der Waals surface area contributed by atoms with Gasteiger partial charge in [0.2, 0.25) is 0 Å². The second-order valence-electron chi connectivity index (χ2n) is 4.56. The summed E-state index contributed by atoms with van der Waals surface area (Å²) < 4.78 is 12.1. The molecule has 18 heavy (non-hydrogen) atoms. The van der Waals surface area contributed by atoms with E-state index in [1.807, 2.05) is 12.1 Å². The van der Waals surface area contributed by atoms with Crippen LogP contribution in [0.5, 0.6) is 0 Å². The quantitative estimate of drug-likeness (QED) is 0.817. The first-order chi connectivity index (χ1) is 8.84. The van der Waals surface area contributed by atoms with Crippen LogP contribution in [-0.4, -0.2) is 33.0 Å². The van der Waals surface area contributed by atoms with E-state index in [1.165, 1.54) is 0 Å². The molecule has 0 saturated carbocycles. The second-order valence-corrected chi connectivity index (χ2v) is 5.48. The van der Waals surface area contributed by atoms with Crippen LogP contribution < -0.4 is 5.32 Å². The summed E-state index contributed by atoms with van der Waals surface area (Å²) in [5, 5.41) is 3.34. The first-order valence-electron chi connectivity index (χ1n) is 6.49. The van der Waals surface area contributed by atoms with Gasteiger partial charge in [-0.25, -0.2) is 0 Å². The van der Waals surface area contributed by atoms with E-state index in [0.29, 0.717) is 5.92 Å². The van der Waals surface area contributed by atoms with Gasteiger partial charge in [-0.05, 0) is 43.0 Å². The molecule has 4 heteroatoms. The van der Waals surface area contributed by atoms with Crippen LogP contribution in [0.4, 0.5) is 5.69 Å². The number of benzene rings is 1. The van der Waals surface area contributed by atoms with Gasteiger partial charge in [-0.1, -0.05) is 15.9 Å². The van der Waals surface area contributed by atoms with Gasteiger partial charge in [0, 0.05) is 36.5 Å². The summed E-state index contributed by atoms with van der Waals surface area (Å²) >= 11 is 3.42. The third-order valence-corrected chi connectivity index (χ3v) is 3.64. The molecule has 1 aliphatic heterocycles.